The van der Waals surface area contributed by atoms with E-state index in [9.17, 15) is 24.7 Å². The molecule has 198 valence electrons. The highest BCUT2D eigenvalue weighted by Gasteiger charge is 2.53. The Balaban J connectivity index is 1.72. The molecule has 1 aliphatic rings. The Morgan fingerprint density at radius 2 is 1.97 bits per heavy atom. The van der Waals surface area contributed by atoms with Crippen molar-refractivity contribution in [1.29, 1.82) is 0 Å². The average molecular weight is 544 g/mol. The van der Waals surface area contributed by atoms with Crippen LogP contribution in [0.5, 0.6) is 5.75 Å². The van der Waals surface area contributed by atoms with E-state index in [1.54, 1.807) is 31.2 Å². The third-order valence-electron chi connectivity index (χ3n) is 5.18. The second kappa shape index (κ2) is 11.3. The largest absolute Gasteiger partial charge is 0.461 e. The zero-order chi connectivity index (χ0) is 26.7. The molecule has 2 aromatic rings. The Hall–Kier alpha value is -2.51. The van der Waals surface area contributed by atoms with Gasteiger partial charge in [0.05, 0.1) is 18.4 Å². The van der Waals surface area contributed by atoms with Gasteiger partial charge in [-0.05, 0) is 51.6 Å². The topological polar surface area (TPSA) is 164 Å². The average Bonchev–Trinajstić information content (AvgIpc) is 3.01. The molecular formula is C22H30N3O9PS. The maximum Gasteiger partial charge on any atom is 0.330 e. The van der Waals surface area contributed by atoms with E-state index in [0.717, 1.165) is 16.8 Å². The van der Waals surface area contributed by atoms with Gasteiger partial charge in [0.25, 0.3) is 12.2 Å². The number of hydrogen-bond acceptors (Lipinski definition) is 9. The van der Waals surface area contributed by atoms with Gasteiger partial charge in [-0.15, -0.1) is 0 Å². The quantitative estimate of drug-likeness (QED) is 0.215. The van der Waals surface area contributed by atoms with E-state index in [1.165, 1.54) is 6.92 Å². The van der Waals surface area contributed by atoms with Gasteiger partial charge < -0.3 is 38.9 Å². The minimum Gasteiger partial charge on any atom is -0.461 e. The lowest BCUT2D eigenvalue weighted by atomic mass is 9.96. The molecule has 0 saturated carbocycles. The standard InChI is InChI=1S/C22H30N3O9PS/c1-13(2)32-19(33-15-8-6-5-7-9-15)14(3)24-35(30,36)31-12-16-18(27)22(4,29)20(34-16)25-11-10-17(26)23-21(25)28/h5-11,13,16,18,20,27,29H,12H2,1-4H3,(H,23,26,28)(H2,24,30,36)/t16-,18-,20-,22-,35?/m1/s1. The van der Waals surface area contributed by atoms with Crippen molar-refractivity contribution in [3.63, 3.8) is 0 Å². The summed E-state index contributed by atoms with van der Waals surface area (Å²) in [6, 6.07) is 9.97. The molecule has 1 saturated heterocycles. The number of nitrogens with zero attached hydrogens (tertiary/aromatic N) is 1. The normalized spacial score (nSPS) is 26.3. The Morgan fingerprint density at radius 3 is 2.58 bits per heavy atom. The SMILES string of the molecule is CC(NP(O)(=S)OC[C@H]1O[C@@H](n2ccc(=O)[nH]c2=O)[C@](C)(O)[C@@H]1O)=C(Oc1ccccc1)OC(C)C. The molecule has 3 rings (SSSR count). The van der Waals surface area contributed by atoms with Gasteiger partial charge >= 0.3 is 11.6 Å². The second-order valence-electron chi connectivity index (χ2n) is 8.64. The molecular weight excluding hydrogens is 513 g/mol. The number of H-pyrrole nitrogens is 1. The Morgan fingerprint density at radius 1 is 1.31 bits per heavy atom. The van der Waals surface area contributed by atoms with Gasteiger partial charge in [-0.2, -0.15) is 0 Å². The molecule has 0 radical (unpaired) electrons. The van der Waals surface area contributed by atoms with Gasteiger partial charge in [0, 0.05) is 12.3 Å². The molecule has 0 bridgehead atoms. The molecule has 0 aliphatic carbocycles. The smallest absolute Gasteiger partial charge is 0.330 e. The number of aromatic amines is 1. The summed E-state index contributed by atoms with van der Waals surface area (Å²) in [6.07, 6.45) is -3.09. The van der Waals surface area contributed by atoms with Crippen molar-refractivity contribution < 1.29 is 33.8 Å². The highest BCUT2D eigenvalue weighted by Crippen LogP contribution is 2.43. The molecule has 5 N–H and O–H groups in total. The van der Waals surface area contributed by atoms with Gasteiger partial charge in [-0.3, -0.25) is 14.3 Å². The highest BCUT2D eigenvalue weighted by atomic mass is 32.5. The molecule has 1 aliphatic heterocycles. The van der Waals surface area contributed by atoms with E-state index >= 15 is 0 Å². The van der Waals surface area contributed by atoms with Crippen LogP contribution < -0.4 is 21.1 Å². The first-order valence-electron chi connectivity index (χ1n) is 11.0. The van der Waals surface area contributed by atoms with Gasteiger partial charge in [0.1, 0.15) is 23.6 Å². The predicted octanol–water partition coefficient (Wildman–Crippen LogP) is 1.06. The number of ether oxygens (including phenoxy) is 3. The van der Waals surface area contributed by atoms with Gasteiger partial charge in [0.15, 0.2) is 6.23 Å². The van der Waals surface area contributed by atoms with Crippen molar-refractivity contribution >= 4 is 18.4 Å². The molecule has 1 fully saturated rings. The third kappa shape index (κ3) is 6.83. The van der Waals surface area contributed by atoms with E-state index in [-0.39, 0.29) is 17.7 Å². The van der Waals surface area contributed by atoms with E-state index in [0.29, 0.717) is 5.75 Å². The van der Waals surface area contributed by atoms with Crippen molar-refractivity contribution in [2.24, 2.45) is 0 Å². The number of hydrogen-bond donors (Lipinski definition) is 5. The van der Waals surface area contributed by atoms with Crippen molar-refractivity contribution in [1.82, 2.24) is 14.6 Å². The lowest BCUT2D eigenvalue weighted by Crippen LogP contribution is -2.46. The van der Waals surface area contributed by atoms with Crippen molar-refractivity contribution in [3.05, 3.63) is 75.1 Å². The predicted molar refractivity (Wildman–Crippen MR) is 133 cm³/mol. The summed E-state index contributed by atoms with van der Waals surface area (Å²) in [5.74, 6) is 0.593. The molecule has 2 heterocycles. The lowest BCUT2D eigenvalue weighted by Gasteiger charge is -2.27. The van der Waals surface area contributed by atoms with Gasteiger partial charge in [-0.1, -0.05) is 18.2 Å². The summed E-state index contributed by atoms with van der Waals surface area (Å²) in [7, 11) is 0. The Bertz CT molecular complexity index is 1250. The molecule has 1 unspecified atom stereocenters. The number of allylic oxidation sites excluding steroid dienone is 1. The van der Waals surface area contributed by atoms with Gasteiger partial charge in [-0.25, -0.2) is 4.79 Å². The van der Waals surface area contributed by atoms with Crippen LogP contribution in [-0.4, -0.2) is 55.2 Å². The van der Waals surface area contributed by atoms with Crippen molar-refractivity contribution in [3.8, 4) is 5.75 Å². The van der Waals surface area contributed by atoms with Crippen LogP contribution in [0.3, 0.4) is 0 Å². The maximum atomic E-state index is 12.2. The minimum absolute atomic E-state index is 0.0840. The summed E-state index contributed by atoms with van der Waals surface area (Å²) < 4.78 is 23.6. The fourth-order valence-corrected chi connectivity index (χ4v) is 4.97. The Labute approximate surface area is 212 Å². The number of benzene rings is 1. The molecule has 1 aromatic heterocycles. The Kier molecular flexibility index (Phi) is 8.78. The summed E-state index contributed by atoms with van der Waals surface area (Å²) in [5, 5.41) is 24.1. The number of nitrogens with one attached hydrogen (secondary N) is 2. The first kappa shape index (κ1) is 28.1. The number of rotatable bonds is 10. The summed E-state index contributed by atoms with van der Waals surface area (Å²) in [4.78, 5) is 36.3. The third-order valence-corrected chi connectivity index (χ3v) is 6.89. The van der Waals surface area contributed by atoms with Crippen molar-refractivity contribution in [2.45, 2.75) is 57.8 Å². The second-order valence-corrected chi connectivity index (χ2v) is 11.6. The van der Waals surface area contributed by atoms with E-state index in [4.69, 9.17) is 30.5 Å². The van der Waals surface area contributed by atoms with Crippen LogP contribution in [0.4, 0.5) is 0 Å². The zero-order valence-corrected chi connectivity index (χ0v) is 21.9. The number of para-hydroxylation sites is 1. The molecule has 5 atom stereocenters. The molecule has 36 heavy (non-hydrogen) atoms. The number of aromatic nitrogens is 2. The van der Waals surface area contributed by atoms with E-state index < -0.39 is 48.5 Å². The van der Waals surface area contributed by atoms with Crippen LogP contribution in [0.15, 0.2) is 63.8 Å². The number of aliphatic hydroxyl groups excluding tert-OH is 1. The summed E-state index contributed by atoms with van der Waals surface area (Å²) in [6.45, 7) is 2.36. The first-order valence-corrected chi connectivity index (χ1v) is 13.7. The van der Waals surface area contributed by atoms with Crippen LogP contribution in [0.2, 0.25) is 0 Å². The van der Waals surface area contributed by atoms with Crippen LogP contribution >= 0.6 is 6.64 Å². The fourth-order valence-electron chi connectivity index (χ4n) is 3.45. The van der Waals surface area contributed by atoms with Crippen LogP contribution in [-0.2, 0) is 25.8 Å². The lowest BCUT2D eigenvalue weighted by molar-refractivity contribution is -0.0984. The van der Waals surface area contributed by atoms with E-state index in [1.807, 2.05) is 19.9 Å². The van der Waals surface area contributed by atoms with Gasteiger partial charge in [0.2, 0.25) is 0 Å². The van der Waals surface area contributed by atoms with Crippen LogP contribution in [0.1, 0.15) is 33.9 Å². The molecule has 0 amide bonds. The molecule has 1 aromatic carbocycles. The zero-order valence-electron chi connectivity index (χ0n) is 20.2. The summed E-state index contributed by atoms with van der Waals surface area (Å²) >= 11 is 5.20. The van der Waals surface area contributed by atoms with Crippen molar-refractivity contribution in [2.75, 3.05) is 6.61 Å². The first-order chi connectivity index (χ1) is 16.8. The minimum atomic E-state index is -3.70. The van der Waals surface area contributed by atoms with Crippen LogP contribution in [0, 0.1) is 0 Å². The number of aliphatic hydroxyl groups is 2. The van der Waals surface area contributed by atoms with E-state index in [2.05, 4.69) is 10.1 Å². The summed E-state index contributed by atoms with van der Waals surface area (Å²) in [5.41, 5.74) is -3.09. The molecule has 14 heteroatoms. The van der Waals surface area contributed by atoms with Crippen LogP contribution in [0.25, 0.3) is 0 Å². The fraction of sp³-hybridized carbons (Fsp3) is 0.455. The monoisotopic (exact) mass is 543 g/mol. The highest BCUT2D eigenvalue weighted by molar-refractivity contribution is 8.08. The maximum absolute atomic E-state index is 12.2. The molecule has 0 spiro atoms. The molecule has 12 nitrogen and oxygen atoms in total.